The Labute approximate surface area is 164 Å². The Morgan fingerprint density at radius 3 is 1.89 bits per heavy atom. The van der Waals surface area contributed by atoms with E-state index in [1.165, 1.54) is 0 Å². The lowest BCUT2D eigenvalue weighted by atomic mass is 9.90. The molecule has 0 bridgehead atoms. The number of nitrogens with one attached hydrogen (secondary N) is 1. The van der Waals surface area contributed by atoms with Gasteiger partial charge in [0.15, 0.2) is 0 Å². The Morgan fingerprint density at radius 2 is 1.46 bits per heavy atom. The molecule has 1 amide bonds. The second-order valence-corrected chi connectivity index (χ2v) is 6.54. The van der Waals surface area contributed by atoms with E-state index in [2.05, 4.69) is 5.32 Å². The Morgan fingerprint density at radius 1 is 0.964 bits per heavy atom. The maximum Gasteiger partial charge on any atom is 0.326 e. The van der Waals surface area contributed by atoms with E-state index in [1.54, 1.807) is 13.8 Å². The predicted octanol–water partition coefficient (Wildman–Crippen LogP) is 2.98. The van der Waals surface area contributed by atoms with Gasteiger partial charge < -0.3 is 15.2 Å². The first kappa shape index (κ1) is 21.2. The van der Waals surface area contributed by atoms with Gasteiger partial charge in [0, 0.05) is 0 Å². The number of esters is 1. The minimum atomic E-state index is -1.19. The van der Waals surface area contributed by atoms with Crippen LogP contribution in [0.1, 0.15) is 37.3 Å². The van der Waals surface area contributed by atoms with Crippen LogP contribution in [0.5, 0.6) is 0 Å². The van der Waals surface area contributed by atoms with Crippen molar-refractivity contribution in [1.82, 2.24) is 5.32 Å². The van der Waals surface area contributed by atoms with Gasteiger partial charge in [0.2, 0.25) is 5.91 Å². The van der Waals surface area contributed by atoms with Crippen LogP contribution in [0.15, 0.2) is 60.7 Å². The lowest BCUT2D eigenvalue weighted by Gasteiger charge is -2.22. The van der Waals surface area contributed by atoms with Gasteiger partial charge in [0.05, 0.1) is 18.4 Å². The first-order valence-corrected chi connectivity index (χ1v) is 9.23. The van der Waals surface area contributed by atoms with Gasteiger partial charge in [-0.05, 0) is 24.5 Å². The van der Waals surface area contributed by atoms with Crippen molar-refractivity contribution < 1.29 is 24.2 Å². The van der Waals surface area contributed by atoms with Crippen molar-refractivity contribution in [3.8, 4) is 0 Å². The van der Waals surface area contributed by atoms with E-state index in [4.69, 9.17) is 4.74 Å². The maximum atomic E-state index is 13.0. The first-order valence-electron chi connectivity index (χ1n) is 9.23. The zero-order valence-electron chi connectivity index (χ0n) is 16.0. The van der Waals surface area contributed by atoms with E-state index in [-0.39, 0.29) is 13.0 Å². The van der Waals surface area contributed by atoms with Crippen LogP contribution in [0.2, 0.25) is 0 Å². The summed E-state index contributed by atoms with van der Waals surface area (Å²) in [7, 11) is 0. The third kappa shape index (κ3) is 5.67. The van der Waals surface area contributed by atoms with Gasteiger partial charge in [-0.25, -0.2) is 4.79 Å². The molecule has 0 unspecified atom stereocenters. The molecule has 2 rings (SSSR count). The Kier molecular flexibility index (Phi) is 7.75. The van der Waals surface area contributed by atoms with E-state index in [0.29, 0.717) is 0 Å². The summed E-state index contributed by atoms with van der Waals surface area (Å²) < 4.78 is 4.93. The molecule has 0 saturated carbocycles. The molecule has 0 spiro atoms. The highest BCUT2D eigenvalue weighted by Crippen LogP contribution is 2.25. The fraction of sp³-hybridized carbons (Fsp3) is 0.318. The van der Waals surface area contributed by atoms with Crippen LogP contribution in [-0.2, 0) is 19.1 Å². The van der Waals surface area contributed by atoms with Gasteiger partial charge in [-0.3, -0.25) is 9.59 Å². The molecule has 2 N–H and O–H groups in total. The van der Waals surface area contributed by atoms with Gasteiger partial charge in [-0.1, -0.05) is 67.6 Å². The molecule has 6 nitrogen and oxygen atoms in total. The third-order valence-corrected chi connectivity index (χ3v) is 4.42. The molecule has 0 heterocycles. The monoisotopic (exact) mass is 383 g/mol. The highest BCUT2D eigenvalue weighted by atomic mass is 16.5. The normalized spacial score (nSPS) is 12.8. The molecular weight excluding hydrogens is 358 g/mol. The number of hydrogen-bond donors (Lipinski definition) is 2. The zero-order valence-corrected chi connectivity index (χ0v) is 16.0. The first-order chi connectivity index (χ1) is 13.4. The van der Waals surface area contributed by atoms with Crippen LogP contribution in [-0.4, -0.2) is 35.6 Å². The fourth-order valence-electron chi connectivity index (χ4n) is 3.00. The third-order valence-electron chi connectivity index (χ3n) is 4.42. The van der Waals surface area contributed by atoms with Gasteiger partial charge in [-0.15, -0.1) is 0 Å². The molecule has 2 aromatic rings. The average Bonchev–Trinajstić information content (AvgIpc) is 2.69. The van der Waals surface area contributed by atoms with Crippen LogP contribution in [0.4, 0.5) is 0 Å². The SMILES string of the molecule is CCOC(=O)[C@H](C)C[C@H](NC(=O)C(c1ccccc1)c1ccccc1)C(=O)O. The molecular formula is C22H25NO5. The van der Waals surface area contributed by atoms with Gasteiger partial charge in [0.1, 0.15) is 6.04 Å². The standard InChI is InChI=1S/C22H25NO5/c1-3-28-22(27)15(2)14-18(21(25)26)23-20(24)19(16-10-6-4-7-11-16)17-12-8-5-9-13-17/h4-13,15,18-19H,3,14H2,1-2H3,(H,23,24)(H,25,26)/t15-,18+/m1/s1. The smallest absolute Gasteiger partial charge is 0.326 e. The summed E-state index contributed by atoms with van der Waals surface area (Å²) in [4.78, 5) is 36.6. The van der Waals surface area contributed by atoms with E-state index in [0.717, 1.165) is 11.1 Å². The number of carbonyl (C=O) groups excluding carboxylic acids is 2. The second-order valence-electron chi connectivity index (χ2n) is 6.54. The number of carboxylic acid groups (broad SMARTS) is 1. The summed E-state index contributed by atoms with van der Waals surface area (Å²) in [6.45, 7) is 3.49. The zero-order chi connectivity index (χ0) is 20.5. The quantitative estimate of drug-likeness (QED) is 0.650. The number of carbonyl (C=O) groups is 3. The molecule has 2 atom stereocenters. The topological polar surface area (TPSA) is 92.7 Å². The summed E-state index contributed by atoms with van der Waals surface area (Å²) in [5.41, 5.74) is 1.52. The van der Waals surface area contributed by atoms with Crippen molar-refractivity contribution in [3.63, 3.8) is 0 Å². The Bertz CT molecular complexity index is 752. The van der Waals surface area contributed by atoms with Crippen molar-refractivity contribution in [2.75, 3.05) is 6.61 Å². The predicted molar refractivity (Wildman–Crippen MR) is 105 cm³/mol. The summed E-state index contributed by atoms with van der Waals surface area (Å²) in [6, 6.07) is 17.1. The van der Waals surface area contributed by atoms with Gasteiger partial charge >= 0.3 is 11.9 Å². The molecule has 0 fully saturated rings. The summed E-state index contributed by atoms with van der Waals surface area (Å²) in [6.07, 6.45) is -0.0454. The molecule has 6 heteroatoms. The molecule has 0 saturated heterocycles. The number of aliphatic carboxylic acids is 1. The van der Waals surface area contributed by atoms with Gasteiger partial charge in [-0.2, -0.15) is 0 Å². The minimum Gasteiger partial charge on any atom is -0.480 e. The molecule has 0 aliphatic carbocycles. The number of amides is 1. The number of carboxylic acids is 1. The van der Waals surface area contributed by atoms with E-state index in [9.17, 15) is 19.5 Å². The second kappa shape index (κ2) is 10.3. The fourth-order valence-corrected chi connectivity index (χ4v) is 3.00. The highest BCUT2D eigenvalue weighted by Gasteiger charge is 2.30. The number of hydrogen-bond acceptors (Lipinski definition) is 4. The molecule has 0 aliphatic rings. The molecule has 0 aromatic heterocycles. The average molecular weight is 383 g/mol. The maximum absolute atomic E-state index is 13.0. The Balaban J connectivity index is 2.23. The number of rotatable bonds is 9. The summed E-state index contributed by atoms with van der Waals surface area (Å²) >= 11 is 0. The molecule has 148 valence electrons. The molecule has 0 radical (unpaired) electrons. The van der Waals surface area contributed by atoms with Crippen molar-refractivity contribution in [1.29, 1.82) is 0 Å². The highest BCUT2D eigenvalue weighted by molar-refractivity contribution is 5.90. The van der Waals surface area contributed by atoms with E-state index < -0.39 is 35.7 Å². The van der Waals surface area contributed by atoms with E-state index >= 15 is 0 Å². The minimum absolute atomic E-state index is 0.0454. The summed E-state index contributed by atoms with van der Waals surface area (Å²) in [5, 5.41) is 12.1. The number of ether oxygens (including phenoxy) is 1. The lowest BCUT2D eigenvalue weighted by Crippen LogP contribution is -2.44. The van der Waals surface area contributed by atoms with Crippen LogP contribution < -0.4 is 5.32 Å². The Hall–Kier alpha value is -3.15. The summed E-state index contributed by atoms with van der Waals surface area (Å²) in [5.74, 6) is -3.40. The van der Waals surface area contributed by atoms with Crippen molar-refractivity contribution in [3.05, 3.63) is 71.8 Å². The molecule has 28 heavy (non-hydrogen) atoms. The molecule has 2 aromatic carbocycles. The van der Waals surface area contributed by atoms with Crippen molar-refractivity contribution in [2.45, 2.75) is 32.2 Å². The molecule has 0 aliphatic heterocycles. The van der Waals surface area contributed by atoms with Crippen LogP contribution in [0.3, 0.4) is 0 Å². The van der Waals surface area contributed by atoms with Crippen molar-refractivity contribution in [2.24, 2.45) is 5.92 Å². The van der Waals surface area contributed by atoms with Gasteiger partial charge in [0.25, 0.3) is 0 Å². The van der Waals surface area contributed by atoms with Crippen LogP contribution in [0, 0.1) is 5.92 Å². The van der Waals surface area contributed by atoms with Crippen molar-refractivity contribution >= 4 is 17.8 Å². The van der Waals surface area contributed by atoms with Crippen LogP contribution in [0.25, 0.3) is 0 Å². The number of benzene rings is 2. The largest absolute Gasteiger partial charge is 0.480 e. The lowest BCUT2D eigenvalue weighted by molar-refractivity contribution is -0.149. The van der Waals surface area contributed by atoms with Crippen LogP contribution >= 0.6 is 0 Å². The van der Waals surface area contributed by atoms with E-state index in [1.807, 2.05) is 60.7 Å².